The van der Waals surface area contributed by atoms with Gasteiger partial charge in [-0.1, -0.05) is 35.1 Å². The molecule has 128 valence electrons. The number of benzene rings is 2. The first-order valence-electron chi connectivity index (χ1n) is 7.18. The Bertz CT molecular complexity index is 912. The maximum atomic E-state index is 12.0. The second kappa shape index (κ2) is 7.08. The smallest absolute Gasteiger partial charge is 0.256 e. The summed E-state index contributed by atoms with van der Waals surface area (Å²) in [6.07, 6.45) is 0. The van der Waals surface area contributed by atoms with E-state index in [-0.39, 0.29) is 5.56 Å². The van der Waals surface area contributed by atoms with Gasteiger partial charge in [0.25, 0.3) is 5.91 Å². The Balaban J connectivity index is 2.40. The molecule has 0 aliphatic carbocycles. The number of methoxy groups -OCH3 is 2. The van der Waals surface area contributed by atoms with Crippen LogP contribution in [0.3, 0.4) is 0 Å². The molecular formula is C17H14ClN3O3S. The number of carbonyl (C=O) groups excluding carboxylic acids is 1. The monoisotopic (exact) mass is 375 g/mol. The van der Waals surface area contributed by atoms with Crippen molar-refractivity contribution in [3.8, 4) is 33.2 Å². The highest BCUT2D eigenvalue weighted by molar-refractivity contribution is 7.12. The van der Waals surface area contributed by atoms with Crippen molar-refractivity contribution in [3.05, 3.63) is 46.4 Å². The van der Waals surface area contributed by atoms with Gasteiger partial charge in [0, 0.05) is 5.02 Å². The first-order chi connectivity index (χ1) is 12.1. The van der Waals surface area contributed by atoms with Gasteiger partial charge in [-0.05, 0) is 29.3 Å². The first-order valence-corrected chi connectivity index (χ1v) is 8.43. The number of amides is 1. The number of aromatic nitrogens is 2. The van der Waals surface area contributed by atoms with E-state index in [1.54, 1.807) is 23.7 Å². The molecule has 0 fully saturated rings. The Kier molecular flexibility index (Phi) is 4.87. The van der Waals surface area contributed by atoms with Gasteiger partial charge in [-0.25, -0.2) is 0 Å². The number of primary amides is 1. The van der Waals surface area contributed by atoms with Gasteiger partial charge in [0.05, 0.1) is 19.8 Å². The van der Waals surface area contributed by atoms with Crippen LogP contribution < -0.4 is 15.2 Å². The number of nitrogens with two attached hydrogens (primary N) is 1. The van der Waals surface area contributed by atoms with Crippen molar-refractivity contribution in [2.75, 3.05) is 14.2 Å². The Labute approximate surface area is 153 Å². The van der Waals surface area contributed by atoms with Crippen LogP contribution in [0.2, 0.25) is 5.02 Å². The van der Waals surface area contributed by atoms with E-state index < -0.39 is 5.91 Å². The summed E-state index contributed by atoms with van der Waals surface area (Å²) >= 11 is 7.32. The summed E-state index contributed by atoms with van der Waals surface area (Å²) in [5.41, 5.74) is 9.57. The van der Waals surface area contributed by atoms with Gasteiger partial charge >= 0.3 is 0 Å². The summed E-state index contributed by atoms with van der Waals surface area (Å²) in [5, 5.41) is 9.23. The number of hydrogen-bond acceptors (Lipinski definition) is 6. The van der Waals surface area contributed by atoms with Crippen LogP contribution >= 0.6 is 22.9 Å². The van der Waals surface area contributed by atoms with Crippen molar-refractivity contribution >= 4 is 28.8 Å². The molecule has 0 unspecified atom stereocenters. The van der Waals surface area contributed by atoms with E-state index in [4.69, 9.17) is 26.8 Å². The largest absolute Gasteiger partial charge is 0.496 e. The topological polar surface area (TPSA) is 87.3 Å². The van der Waals surface area contributed by atoms with Crippen LogP contribution in [0.15, 0.2) is 35.8 Å². The second-order valence-corrected chi connectivity index (χ2v) is 6.29. The second-order valence-electron chi connectivity index (χ2n) is 5.02. The molecule has 6 nitrogen and oxygen atoms in total. The maximum Gasteiger partial charge on any atom is 0.256 e. The average Bonchev–Trinajstić information content (AvgIpc) is 3.14. The molecule has 0 spiro atoms. The normalized spacial score (nSPS) is 10.5. The van der Waals surface area contributed by atoms with Gasteiger partial charge in [0.15, 0.2) is 5.01 Å². The molecule has 0 aliphatic heterocycles. The molecule has 0 aliphatic rings. The Morgan fingerprint density at radius 1 is 1.20 bits per heavy atom. The quantitative estimate of drug-likeness (QED) is 0.735. The lowest BCUT2D eigenvalue weighted by Gasteiger charge is -2.18. The molecule has 3 rings (SSSR count). The number of halogens is 1. The van der Waals surface area contributed by atoms with Gasteiger partial charge in [0.1, 0.15) is 22.6 Å². The van der Waals surface area contributed by atoms with E-state index in [1.807, 2.05) is 12.1 Å². The van der Waals surface area contributed by atoms with E-state index >= 15 is 0 Å². The molecule has 1 heterocycles. The molecule has 0 saturated heterocycles. The van der Waals surface area contributed by atoms with Crippen molar-refractivity contribution in [1.82, 2.24) is 10.2 Å². The minimum atomic E-state index is -0.651. The highest BCUT2D eigenvalue weighted by atomic mass is 35.5. The molecular weight excluding hydrogens is 362 g/mol. The number of ether oxygens (including phenoxy) is 2. The highest BCUT2D eigenvalue weighted by Crippen LogP contribution is 2.46. The van der Waals surface area contributed by atoms with Crippen molar-refractivity contribution in [2.45, 2.75) is 0 Å². The molecule has 0 saturated carbocycles. The van der Waals surface area contributed by atoms with Gasteiger partial charge in [-0.2, -0.15) is 0 Å². The highest BCUT2D eigenvalue weighted by Gasteiger charge is 2.26. The van der Waals surface area contributed by atoms with Crippen LogP contribution in [0.1, 0.15) is 10.4 Å². The van der Waals surface area contributed by atoms with E-state index in [9.17, 15) is 4.79 Å². The molecule has 0 atom stereocenters. The summed E-state index contributed by atoms with van der Waals surface area (Å²) in [4.78, 5) is 12.0. The number of nitrogens with zero attached hydrogens (tertiary/aromatic N) is 2. The minimum absolute atomic E-state index is 0.160. The van der Waals surface area contributed by atoms with E-state index in [2.05, 4.69) is 10.2 Å². The third-order valence-electron chi connectivity index (χ3n) is 3.64. The number of carbonyl (C=O) groups is 1. The Morgan fingerprint density at radius 3 is 2.44 bits per heavy atom. The molecule has 0 bridgehead atoms. The first kappa shape index (κ1) is 17.2. The SMILES string of the molecule is COc1cc(-c2ccc(Cl)cc2)c(-c2nncs2)c(OC)c1C(N)=O. The average molecular weight is 376 g/mol. The zero-order chi connectivity index (χ0) is 18.0. The zero-order valence-electron chi connectivity index (χ0n) is 13.4. The fourth-order valence-corrected chi connectivity index (χ4v) is 3.32. The van der Waals surface area contributed by atoms with Crippen molar-refractivity contribution < 1.29 is 14.3 Å². The lowest BCUT2D eigenvalue weighted by molar-refractivity contribution is 0.0994. The Morgan fingerprint density at radius 2 is 1.92 bits per heavy atom. The Hall–Kier alpha value is -2.64. The summed E-state index contributed by atoms with van der Waals surface area (Å²) in [6.45, 7) is 0. The van der Waals surface area contributed by atoms with Crippen molar-refractivity contribution in [2.24, 2.45) is 5.73 Å². The van der Waals surface area contributed by atoms with Crippen molar-refractivity contribution in [3.63, 3.8) is 0 Å². The predicted molar refractivity (Wildman–Crippen MR) is 97.4 cm³/mol. The van der Waals surface area contributed by atoms with Crippen LogP contribution in [0.4, 0.5) is 0 Å². The van der Waals surface area contributed by atoms with Crippen LogP contribution in [-0.4, -0.2) is 30.3 Å². The molecule has 1 aromatic heterocycles. The number of rotatable bonds is 5. The van der Waals surface area contributed by atoms with Gasteiger partial charge in [-0.15, -0.1) is 10.2 Å². The van der Waals surface area contributed by atoms with Crippen LogP contribution in [0.5, 0.6) is 11.5 Å². The molecule has 2 aromatic carbocycles. The third kappa shape index (κ3) is 3.16. The van der Waals surface area contributed by atoms with E-state index in [1.165, 1.54) is 25.6 Å². The van der Waals surface area contributed by atoms with Gasteiger partial charge in [-0.3, -0.25) is 4.79 Å². The molecule has 8 heteroatoms. The summed E-state index contributed by atoms with van der Waals surface area (Å²) in [6, 6.07) is 9.03. The van der Waals surface area contributed by atoms with Gasteiger partial charge in [0.2, 0.25) is 0 Å². The minimum Gasteiger partial charge on any atom is -0.496 e. The maximum absolute atomic E-state index is 12.0. The summed E-state index contributed by atoms with van der Waals surface area (Å²) < 4.78 is 10.9. The molecule has 25 heavy (non-hydrogen) atoms. The number of hydrogen-bond donors (Lipinski definition) is 1. The molecule has 2 N–H and O–H groups in total. The summed E-state index contributed by atoms with van der Waals surface area (Å²) in [5.74, 6) is -0.0294. The molecule has 3 aromatic rings. The fourth-order valence-electron chi connectivity index (χ4n) is 2.58. The lowest BCUT2D eigenvalue weighted by atomic mass is 9.95. The van der Waals surface area contributed by atoms with Crippen LogP contribution in [-0.2, 0) is 0 Å². The van der Waals surface area contributed by atoms with E-state index in [0.717, 1.165) is 11.1 Å². The van der Waals surface area contributed by atoms with Crippen molar-refractivity contribution in [1.29, 1.82) is 0 Å². The standard InChI is InChI=1S/C17H14ClN3O3S/c1-23-12-7-11(9-3-5-10(18)6-4-9)13(17-21-20-8-25-17)15(24-2)14(12)16(19)22/h3-8H,1-2H3,(H2,19,22). The molecule has 1 amide bonds. The van der Waals surface area contributed by atoms with E-state index in [0.29, 0.717) is 27.1 Å². The summed E-state index contributed by atoms with van der Waals surface area (Å²) in [7, 11) is 2.94. The third-order valence-corrected chi connectivity index (χ3v) is 4.61. The molecule has 0 radical (unpaired) electrons. The predicted octanol–water partition coefficient (Wildman–Crippen LogP) is 3.64. The fraction of sp³-hybridized carbons (Fsp3) is 0.118. The van der Waals surface area contributed by atoms with Crippen LogP contribution in [0, 0.1) is 0 Å². The van der Waals surface area contributed by atoms with Crippen LogP contribution in [0.25, 0.3) is 21.7 Å². The lowest BCUT2D eigenvalue weighted by Crippen LogP contribution is -2.15. The van der Waals surface area contributed by atoms with Gasteiger partial charge < -0.3 is 15.2 Å². The zero-order valence-corrected chi connectivity index (χ0v) is 15.0.